The molecule has 5 aliphatic rings. The molecule has 20 nitrogen and oxygen atoms in total. The maximum Gasteiger partial charge on any atom is 0.472 e. The molecule has 1 unspecified atom stereocenters. The Hall–Kier alpha value is -6.67. The summed E-state index contributed by atoms with van der Waals surface area (Å²) in [5, 5.41) is 30.1. The average molecular weight is 1030 g/mol. The first-order valence-electron chi connectivity index (χ1n) is 25.1. The summed E-state index contributed by atoms with van der Waals surface area (Å²) in [6.07, 6.45) is 2.54. The van der Waals surface area contributed by atoms with Crippen LogP contribution in [0.15, 0.2) is 59.4 Å². The highest BCUT2D eigenvalue weighted by molar-refractivity contribution is 7.47. The molecule has 8 N–H and O–H groups in total. The number of phosphoric acid groups is 1. The zero-order chi connectivity index (χ0) is 52.8. The van der Waals surface area contributed by atoms with Crippen molar-refractivity contribution < 1.29 is 47.8 Å². The number of allylic oxidation sites excluding steroid dienone is 2. The lowest BCUT2D eigenvalue weighted by atomic mass is 9.83. The minimum atomic E-state index is -4.40. The highest BCUT2D eigenvalue weighted by atomic mass is 31.2. The van der Waals surface area contributed by atoms with Crippen LogP contribution in [0.4, 0.5) is 17.6 Å². The number of likely N-dealkylation sites (N-methyl/N-ethyl adjacent to an activating group) is 2. The van der Waals surface area contributed by atoms with Crippen LogP contribution < -0.4 is 46.7 Å². The number of aromatic carboxylic acids is 1. The van der Waals surface area contributed by atoms with E-state index in [0.29, 0.717) is 48.6 Å². The van der Waals surface area contributed by atoms with Gasteiger partial charge in [0, 0.05) is 78.3 Å². The number of H-pyrrole nitrogens is 1. The van der Waals surface area contributed by atoms with Crippen molar-refractivity contribution in [1.82, 2.24) is 29.4 Å². The number of carbonyl (C=O) groups excluding carboxylic acids is 1. The number of nitrogens with two attached hydrogens (primary N) is 1. The second-order valence-electron chi connectivity index (χ2n) is 20.6. The fourth-order valence-corrected chi connectivity index (χ4v) is 12.5. The lowest BCUT2D eigenvalue weighted by molar-refractivity contribution is -0.0659. The number of carboxylic acids is 1. The number of nitrogen functional groups attached to an aromatic ring is 1. The van der Waals surface area contributed by atoms with Gasteiger partial charge in [0.15, 0.2) is 22.9 Å². The zero-order valence-electron chi connectivity index (χ0n) is 42.7. The molecule has 390 valence electrons. The van der Waals surface area contributed by atoms with Crippen LogP contribution in [-0.2, 0) is 18.3 Å². The number of ether oxygens (including phenoxy) is 2. The first-order valence-corrected chi connectivity index (χ1v) is 26.6. The number of nitrogens with zero attached hydrogens (tertiary/aromatic N) is 5. The number of aliphatic hydroxyl groups excluding tert-OH is 1. The smallest absolute Gasteiger partial charge is 0.472 e. The Labute approximate surface area is 426 Å². The molecule has 2 saturated heterocycles. The summed E-state index contributed by atoms with van der Waals surface area (Å²) in [5.41, 5.74) is 12.2. The molecule has 0 bridgehead atoms. The van der Waals surface area contributed by atoms with Gasteiger partial charge in [0.2, 0.25) is 17.3 Å². The van der Waals surface area contributed by atoms with Crippen LogP contribution in [0.1, 0.15) is 130 Å². The Balaban J connectivity index is 0.865. The molecule has 7 heterocycles. The van der Waals surface area contributed by atoms with E-state index >= 15 is 0 Å². The van der Waals surface area contributed by atoms with E-state index in [1.54, 1.807) is 12.1 Å². The van der Waals surface area contributed by atoms with Gasteiger partial charge in [-0.05, 0) is 101 Å². The van der Waals surface area contributed by atoms with E-state index in [4.69, 9.17) is 24.3 Å². The number of carbonyl (C=O) groups is 2. The van der Waals surface area contributed by atoms with E-state index in [9.17, 15) is 34.1 Å². The summed E-state index contributed by atoms with van der Waals surface area (Å²) in [6.45, 7) is 19.2. The van der Waals surface area contributed by atoms with Gasteiger partial charge in [-0.25, -0.2) is 18.9 Å². The van der Waals surface area contributed by atoms with E-state index < -0.39 is 49.8 Å². The minimum Gasteiger partial charge on any atom is -0.478 e. The topological polar surface area (TPSA) is 269 Å². The van der Waals surface area contributed by atoms with Crippen molar-refractivity contribution >= 4 is 65.2 Å². The third kappa shape index (κ3) is 8.90. The predicted octanol–water partition coefficient (Wildman–Crippen LogP) is 5.66. The number of phosphoric ester groups is 1. The Morgan fingerprint density at radius 1 is 0.946 bits per heavy atom. The Bertz CT molecular complexity index is 3490. The third-order valence-corrected chi connectivity index (χ3v) is 15.8. The number of rotatable bonds is 14. The van der Waals surface area contributed by atoms with Crippen LogP contribution in [0.3, 0.4) is 0 Å². The molecule has 5 atom stereocenters. The third-order valence-electron chi connectivity index (χ3n) is 14.8. The second-order valence-corrected chi connectivity index (χ2v) is 22.0. The molecule has 10 rings (SSSR count). The number of fused-ring (bicyclic) bond motifs is 6. The monoisotopic (exact) mass is 1030 g/mol. The number of anilines is 3. The SMILES string of the molecule is CCN1c2cc3c(cc2C(C)=CC1(C)C)C(c1ccc(C(=O)NCCCCCCNc2nc4c(=O)[nH]c(N)nc4n2[C@@H]2O[C@@H]4COP(=O)(O)O[C@H]4[C@H]2O)cc1C(=O)O)=c1cc2c(cc1O3)=[N+](CC)C(C)(C)C=C2C. The molecule has 5 aromatic rings. The summed E-state index contributed by atoms with van der Waals surface area (Å²) in [7, 11) is -4.40. The van der Waals surface area contributed by atoms with Crippen molar-refractivity contribution in [2.75, 3.05) is 48.7 Å². The lowest BCUT2D eigenvalue weighted by Gasteiger charge is -2.43. The molecule has 0 spiro atoms. The van der Waals surface area contributed by atoms with Gasteiger partial charge in [0.1, 0.15) is 36.4 Å². The number of amides is 1. The van der Waals surface area contributed by atoms with Gasteiger partial charge in [-0.1, -0.05) is 25.0 Å². The highest BCUT2D eigenvalue weighted by Gasteiger charge is 2.53. The molecule has 2 fully saturated rings. The normalized spacial score (nSPS) is 23.2. The van der Waals surface area contributed by atoms with Crippen LogP contribution in [0.5, 0.6) is 11.5 Å². The quantitative estimate of drug-likeness (QED) is 0.0394. The molecule has 1 amide bonds. The van der Waals surface area contributed by atoms with E-state index in [2.05, 4.69) is 127 Å². The van der Waals surface area contributed by atoms with Crippen molar-refractivity contribution in [1.29, 1.82) is 0 Å². The minimum absolute atomic E-state index is 0.00961. The van der Waals surface area contributed by atoms with Crippen molar-refractivity contribution in [3.63, 3.8) is 0 Å². The van der Waals surface area contributed by atoms with Gasteiger partial charge in [0.25, 0.3) is 11.5 Å². The number of aromatic amines is 1. The molecule has 21 heteroatoms. The van der Waals surface area contributed by atoms with Crippen LogP contribution in [0.25, 0.3) is 27.9 Å². The Morgan fingerprint density at radius 2 is 1.69 bits per heavy atom. The molecule has 0 aliphatic carbocycles. The van der Waals surface area contributed by atoms with Crippen LogP contribution in [-0.4, -0.2) is 109 Å². The number of aliphatic hydroxyl groups is 1. The molecule has 0 saturated carbocycles. The number of aromatic nitrogens is 4. The number of nitrogens with one attached hydrogen (secondary N) is 3. The van der Waals surface area contributed by atoms with Gasteiger partial charge < -0.3 is 45.8 Å². The molecule has 2 aromatic heterocycles. The Morgan fingerprint density at radius 3 is 2.42 bits per heavy atom. The summed E-state index contributed by atoms with van der Waals surface area (Å²) in [6, 6.07) is 13.3. The van der Waals surface area contributed by atoms with Gasteiger partial charge >= 0.3 is 13.8 Å². The maximum atomic E-state index is 13.7. The number of hydrogen-bond acceptors (Lipinski definition) is 14. The fraction of sp³-hybridized carbons (Fsp3) is 0.434. The summed E-state index contributed by atoms with van der Waals surface area (Å²) in [4.78, 5) is 63.2. The predicted molar refractivity (Wildman–Crippen MR) is 280 cm³/mol. The molecule has 3 aromatic carbocycles. The fourth-order valence-electron chi connectivity index (χ4n) is 11.6. The van der Waals surface area contributed by atoms with E-state index in [1.165, 1.54) is 10.6 Å². The molecule has 0 radical (unpaired) electrons. The van der Waals surface area contributed by atoms with Gasteiger partial charge in [-0.2, -0.15) is 4.98 Å². The summed E-state index contributed by atoms with van der Waals surface area (Å²) >= 11 is 0. The van der Waals surface area contributed by atoms with E-state index in [0.717, 1.165) is 70.0 Å². The standard InChI is InChI=1S/C53H62N9O11P/c1-9-60-36-22-38-34(20-31(36)27(3)24-52(60,5)6)41(35-21-32-28(4)25-53(7,8)61(10-2)37(32)23-39(35)71-38)30-16-15-29(19-33(30)49(66)67)46(64)55-17-13-11-12-14-18-56-51-57-42-45(58-50(54)59-47(42)65)62(51)48-43(63)44-40(72-48)26-70-74(68,69)73-44/h15-16,19-25,40,43-44,48,55,63H,9-14,17-18,26H2,1-8H3,(H5,54,59,64,65,66,67,68,69)/p+1/t40-,43-,44-,48-/m1/s1. The van der Waals surface area contributed by atoms with Crippen LogP contribution >= 0.6 is 7.82 Å². The van der Waals surface area contributed by atoms with Crippen LogP contribution in [0, 0.1) is 0 Å². The van der Waals surface area contributed by atoms with Gasteiger partial charge in [0.05, 0.1) is 23.8 Å². The summed E-state index contributed by atoms with van der Waals surface area (Å²) in [5.74, 6) is -0.348. The van der Waals surface area contributed by atoms with Crippen molar-refractivity contribution in [3.8, 4) is 11.5 Å². The first kappa shape index (κ1) is 50.8. The Kier molecular flexibility index (Phi) is 13.0. The molecule has 74 heavy (non-hydrogen) atoms. The summed E-state index contributed by atoms with van der Waals surface area (Å²) < 4.78 is 38.8. The van der Waals surface area contributed by atoms with E-state index in [-0.39, 0.29) is 51.9 Å². The van der Waals surface area contributed by atoms with Gasteiger partial charge in [-0.15, -0.1) is 0 Å². The number of hydrogen-bond donors (Lipinski definition) is 7. The maximum absolute atomic E-state index is 13.7. The number of imidazole rings is 1. The number of carboxylic acid groups (broad SMARTS) is 1. The average Bonchev–Trinajstić information content (AvgIpc) is 3.85. The van der Waals surface area contributed by atoms with Crippen molar-refractivity contribution in [2.45, 2.75) is 117 Å². The van der Waals surface area contributed by atoms with Crippen molar-refractivity contribution in [3.05, 3.63) is 109 Å². The number of benzene rings is 3. The van der Waals surface area contributed by atoms with E-state index in [1.807, 2.05) is 0 Å². The zero-order valence-corrected chi connectivity index (χ0v) is 43.6. The molecule has 5 aliphatic heterocycles. The number of unbranched alkanes of at least 4 members (excludes halogenated alkanes) is 3. The second kappa shape index (κ2) is 18.9. The first-order chi connectivity index (χ1) is 35.1. The van der Waals surface area contributed by atoms with Crippen molar-refractivity contribution in [2.24, 2.45) is 0 Å². The highest BCUT2D eigenvalue weighted by Crippen LogP contribution is 2.53. The molecular weight excluding hydrogens is 970 g/mol. The molecular formula is C53H63N9O11P+. The largest absolute Gasteiger partial charge is 0.478 e. The van der Waals surface area contributed by atoms with Crippen LogP contribution in [0.2, 0.25) is 0 Å². The van der Waals surface area contributed by atoms with Gasteiger partial charge in [-0.3, -0.25) is 28.2 Å². The lowest BCUT2D eigenvalue weighted by Crippen LogP contribution is -2.49.